The van der Waals surface area contributed by atoms with E-state index in [0.29, 0.717) is 31.5 Å². The summed E-state index contributed by atoms with van der Waals surface area (Å²) in [5, 5.41) is 20.4. The van der Waals surface area contributed by atoms with E-state index in [2.05, 4.69) is 0 Å². The van der Waals surface area contributed by atoms with Crippen molar-refractivity contribution < 1.29 is 83.7 Å². The van der Waals surface area contributed by atoms with Crippen LogP contribution < -0.4 is 69.3 Å². The number of carboxylic acid groups (broad SMARTS) is 2. The fourth-order valence-corrected chi connectivity index (χ4v) is 2.37. The second-order valence-electron chi connectivity index (χ2n) is 5.82. The molecule has 0 fully saturated rings. The summed E-state index contributed by atoms with van der Waals surface area (Å²) in [6, 6.07) is 0. The Labute approximate surface area is 189 Å². The molecule has 0 aliphatic rings. The van der Waals surface area contributed by atoms with E-state index in [1.54, 1.807) is 0 Å². The van der Waals surface area contributed by atoms with Crippen molar-refractivity contribution in [2.24, 2.45) is 0 Å². The van der Waals surface area contributed by atoms with Crippen molar-refractivity contribution in [3.63, 3.8) is 0 Å². The van der Waals surface area contributed by atoms with E-state index in [-0.39, 0.29) is 72.0 Å². The second kappa shape index (κ2) is 21.7. The number of aliphatic carboxylic acids is 2. The minimum atomic E-state index is -0.991. The van der Waals surface area contributed by atoms with Crippen molar-refractivity contribution in [2.75, 3.05) is 0 Å². The van der Waals surface area contributed by atoms with Gasteiger partial charge in [0.05, 0.1) is 0 Å². The van der Waals surface area contributed by atoms with Crippen molar-refractivity contribution in [2.45, 2.75) is 89.9 Å². The van der Waals surface area contributed by atoms with Gasteiger partial charge in [-0.2, -0.15) is 0 Å². The average molecular weight is 358 g/mol. The minimum absolute atomic E-state index is 0. The number of hydrogen-bond acceptors (Lipinski definition) is 5. The number of ketones is 1. The summed E-state index contributed by atoms with van der Waals surface area (Å²) in [5.74, 6) is -1.69. The number of unbranched alkanes of at least 4 members (excludes halogenated alkanes) is 8. The van der Waals surface area contributed by atoms with Crippen LogP contribution in [-0.2, 0) is 14.4 Å². The van der Waals surface area contributed by atoms with Gasteiger partial charge in [-0.25, -0.2) is 0 Å². The largest absolute Gasteiger partial charge is 1.00 e. The maximum atomic E-state index is 11.6. The van der Waals surface area contributed by atoms with Crippen molar-refractivity contribution in [3.05, 3.63) is 0 Å². The number of carbonyl (C=O) groups is 3. The Bertz CT molecular complexity index is 305. The van der Waals surface area contributed by atoms with Gasteiger partial charge < -0.3 is 19.8 Å². The van der Waals surface area contributed by atoms with Crippen LogP contribution in [0.1, 0.15) is 89.9 Å². The van der Waals surface area contributed by atoms with Crippen LogP contribution in [0.3, 0.4) is 0 Å². The summed E-state index contributed by atoms with van der Waals surface area (Å²) in [6.07, 6.45) is 10.2. The van der Waals surface area contributed by atoms with Gasteiger partial charge in [-0.05, 0) is 38.5 Å². The van der Waals surface area contributed by atoms with Crippen molar-refractivity contribution >= 4 is 17.7 Å². The van der Waals surface area contributed by atoms with Gasteiger partial charge in [-0.1, -0.05) is 38.5 Å². The quantitative estimate of drug-likeness (QED) is 0.205. The third kappa shape index (κ3) is 24.9. The molecule has 0 radical (unpaired) electrons. The van der Waals surface area contributed by atoms with Crippen LogP contribution in [0.2, 0.25) is 0 Å². The molecule has 24 heavy (non-hydrogen) atoms. The van der Waals surface area contributed by atoms with Gasteiger partial charge in [0.25, 0.3) is 0 Å². The molecule has 0 aromatic heterocycles. The Kier molecular flexibility index (Phi) is 26.5. The minimum Gasteiger partial charge on any atom is -0.550 e. The first-order chi connectivity index (χ1) is 10.5. The molecule has 0 N–H and O–H groups in total. The topological polar surface area (TPSA) is 97.3 Å². The van der Waals surface area contributed by atoms with Crippen molar-refractivity contribution in [3.8, 4) is 0 Å². The zero-order valence-electron chi connectivity index (χ0n) is 15.4. The molecular weight excluding hydrogens is 330 g/mol. The number of rotatable bonds is 16. The molecule has 0 heterocycles. The standard InChI is InChI=1S/C17H30O5.2Na/c18-15(11-7-3-1-5-9-13-16(19)20)12-8-4-2-6-10-14-17(21)22;;/h1-14H2,(H,19,20)(H,21,22);;/q;2*+1/p-2. The molecule has 0 spiro atoms. The van der Waals surface area contributed by atoms with Gasteiger partial charge >= 0.3 is 59.1 Å². The van der Waals surface area contributed by atoms with E-state index in [0.717, 1.165) is 51.4 Å². The monoisotopic (exact) mass is 358 g/mol. The van der Waals surface area contributed by atoms with Crippen molar-refractivity contribution in [1.82, 2.24) is 0 Å². The molecule has 0 saturated heterocycles. The SMILES string of the molecule is O=C([O-])CCCCCCCC(=O)CCCCCCCC(=O)[O-].[Na+].[Na+]. The zero-order valence-corrected chi connectivity index (χ0v) is 19.4. The third-order valence-electron chi connectivity index (χ3n) is 3.67. The maximum absolute atomic E-state index is 11.6. The second-order valence-corrected chi connectivity index (χ2v) is 5.82. The van der Waals surface area contributed by atoms with E-state index >= 15 is 0 Å². The summed E-state index contributed by atoms with van der Waals surface area (Å²) in [6.45, 7) is 0. The Balaban J connectivity index is -0.00000220. The molecule has 128 valence electrons. The Morgan fingerprint density at radius 3 is 1.00 bits per heavy atom. The van der Waals surface area contributed by atoms with E-state index in [1.807, 2.05) is 0 Å². The molecule has 0 aromatic carbocycles. The van der Waals surface area contributed by atoms with E-state index in [4.69, 9.17) is 0 Å². The van der Waals surface area contributed by atoms with Crippen LogP contribution in [0.4, 0.5) is 0 Å². The van der Waals surface area contributed by atoms with Crippen molar-refractivity contribution in [1.29, 1.82) is 0 Å². The van der Waals surface area contributed by atoms with Crippen LogP contribution in [0.15, 0.2) is 0 Å². The first-order valence-corrected chi connectivity index (χ1v) is 8.43. The molecule has 0 atom stereocenters. The smallest absolute Gasteiger partial charge is 0.550 e. The van der Waals surface area contributed by atoms with Gasteiger partial charge in [0.1, 0.15) is 5.78 Å². The van der Waals surface area contributed by atoms with Gasteiger partial charge in [-0.3, -0.25) is 4.79 Å². The summed E-state index contributed by atoms with van der Waals surface area (Å²) in [5.41, 5.74) is 0. The molecule has 0 aliphatic carbocycles. The molecular formula is C17H28Na2O5. The van der Waals surface area contributed by atoms with Crippen LogP contribution >= 0.6 is 0 Å². The van der Waals surface area contributed by atoms with Crippen LogP contribution in [-0.4, -0.2) is 17.7 Å². The summed E-state index contributed by atoms with van der Waals surface area (Å²) < 4.78 is 0. The first-order valence-electron chi connectivity index (χ1n) is 8.43. The van der Waals surface area contributed by atoms with Gasteiger partial charge in [0.2, 0.25) is 0 Å². The van der Waals surface area contributed by atoms with Crippen LogP contribution in [0.25, 0.3) is 0 Å². The molecule has 7 heteroatoms. The Morgan fingerprint density at radius 2 is 0.708 bits per heavy atom. The fraction of sp³-hybridized carbons (Fsp3) is 0.824. The zero-order chi connectivity index (χ0) is 16.6. The molecule has 0 unspecified atom stereocenters. The predicted molar refractivity (Wildman–Crippen MR) is 79.7 cm³/mol. The fourth-order valence-electron chi connectivity index (χ4n) is 2.37. The van der Waals surface area contributed by atoms with Crippen LogP contribution in [0, 0.1) is 0 Å². The van der Waals surface area contributed by atoms with Gasteiger partial charge in [-0.15, -0.1) is 0 Å². The number of Topliss-reactive ketones (excluding diaryl/α,β-unsaturated/α-hetero) is 1. The molecule has 0 amide bonds. The van der Waals surface area contributed by atoms with Gasteiger partial charge in [0.15, 0.2) is 0 Å². The normalized spacial score (nSPS) is 9.67. The summed E-state index contributed by atoms with van der Waals surface area (Å²) >= 11 is 0. The molecule has 0 aliphatic heterocycles. The molecule has 0 aromatic rings. The number of carboxylic acids is 2. The molecule has 0 bridgehead atoms. The van der Waals surface area contributed by atoms with E-state index in [9.17, 15) is 24.6 Å². The van der Waals surface area contributed by atoms with Crippen LogP contribution in [0.5, 0.6) is 0 Å². The predicted octanol–water partition coefficient (Wildman–Crippen LogP) is -4.48. The van der Waals surface area contributed by atoms with E-state index in [1.165, 1.54) is 0 Å². The Morgan fingerprint density at radius 1 is 0.458 bits per heavy atom. The number of hydrogen-bond donors (Lipinski definition) is 0. The Hall–Kier alpha value is 0.610. The van der Waals surface area contributed by atoms with Gasteiger partial charge in [0, 0.05) is 24.8 Å². The maximum Gasteiger partial charge on any atom is 1.00 e. The summed E-state index contributed by atoms with van der Waals surface area (Å²) in [7, 11) is 0. The average Bonchev–Trinajstić information content (AvgIpc) is 2.44. The molecule has 0 rings (SSSR count). The van der Waals surface area contributed by atoms with E-state index < -0.39 is 11.9 Å². The molecule has 5 nitrogen and oxygen atoms in total. The third-order valence-corrected chi connectivity index (χ3v) is 3.67. The molecule has 0 saturated carbocycles. The summed E-state index contributed by atoms with van der Waals surface area (Å²) in [4.78, 5) is 32.0. The first kappa shape index (κ1) is 29.4. The number of carbonyl (C=O) groups excluding carboxylic acids is 3.